The van der Waals surface area contributed by atoms with Gasteiger partial charge >= 0.3 is 5.97 Å². The molecule has 2 aliphatic rings. The van der Waals surface area contributed by atoms with Gasteiger partial charge in [-0.2, -0.15) is 0 Å². The molecule has 1 fully saturated rings. The molecule has 0 aromatic heterocycles. The van der Waals surface area contributed by atoms with Crippen molar-refractivity contribution >= 4 is 11.9 Å². The SMILES string of the molecule is CCCCCCCC(=O)NCC(OC(=O)COCCOCCOC)c1ccc2c(c1)OCCO2.CN1CCCC1. The minimum Gasteiger partial charge on any atom is -0.486 e. The number of benzene rings is 1. The highest BCUT2D eigenvalue weighted by molar-refractivity contribution is 5.76. The summed E-state index contributed by atoms with van der Waals surface area (Å²) in [5.74, 6) is 0.662. The molecule has 1 N–H and O–H groups in total. The molecule has 10 heteroatoms. The third-order valence-corrected chi connectivity index (χ3v) is 6.56. The molecule has 1 aromatic rings. The van der Waals surface area contributed by atoms with Crippen LogP contribution in [-0.2, 0) is 28.5 Å². The highest BCUT2D eigenvalue weighted by atomic mass is 16.6. The molecule has 0 bridgehead atoms. The van der Waals surface area contributed by atoms with Crippen LogP contribution in [0, 0.1) is 0 Å². The zero-order chi connectivity index (χ0) is 28.8. The molecule has 3 rings (SSSR count). The van der Waals surface area contributed by atoms with E-state index in [4.69, 9.17) is 28.4 Å². The molecule has 2 aliphatic heterocycles. The van der Waals surface area contributed by atoms with Crippen LogP contribution in [0.3, 0.4) is 0 Å². The molecule has 2 heterocycles. The van der Waals surface area contributed by atoms with Gasteiger partial charge in [-0.3, -0.25) is 4.79 Å². The van der Waals surface area contributed by atoms with E-state index in [1.807, 2.05) is 6.07 Å². The molecule has 1 atom stereocenters. The number of rotatable bonds is 18. The van der Waals surface area contributed by atoms with Crippen LogP contribution >= 0.6 is 0 Å². The molecule has 1 unspecified atom stereocenters. The monoisotopic (exact) mass is 566 g/mol. The fourth-order valence-corrected chi connectivity index (χ4v) is 4.26. The van der Waals surface area contributed by atoms with E-state index in [2.05, 4.69) is 24.2 Å². The summed E-state index contributed by atoms with van der Waals surface area (Å²) in [5, 5.41) is 2.89. The first-order valence-corrected chi connectivity index (χ1v) is 14.7. The Bertz CT molecular complexity index is 832. The van der Waals surface area contributed by atoms with Crippen LogP contribution in [0.25, 0.3) is 0 Å². The normalized spacial score (nSPS) is 15.2. The quantitative estimate of drug-likeness (QED) is 0.209. The molecule has 0 radical (unpaired) electrons. The topological polar surface area (TPSA) is 105 Å². The summed E-state index contributed by atoms with van der Waals surface area (Å²) in [5.41, 5.74) is 0.712. The van der Waals surface area contributed by atoms with Crippen molar-refractivity contribution in [2.45, 2.75) is 64.4 Å². The first kappa shape index (κ1) is 33.8. The summed E-state index contributed by atoms with van der Waals surface area (Å²) in [6, 6.07) is 5.38. The number of methoxy groups -OCH3 is 1. The number of carbonyl (C=O) groups excluding carboxylic acids is 2. The number of ether oxygens (including phenoxy) is 6. The molecule has 1 saturated heterocycles. The van der Waals surface area contributed by atoms with Crippen molar-refractivity contribution < 1.29 is 38.0 Å². The van der Waals surface area contributed by atoms with E-state index in [0.717, 1.165) is 19.3 Å². The minimum atomic E-state index is -0.672. The first-order chi connectivity index (χ1) is 19.5. The maximum Gasteiger partial charge on any atom is 0.332 e. The number of fused-ring (bicyclic) bond motifs is 1. The lowest BCUT2D eigenvalue weighted by Gasteiger charge is -2.23. The van der Waals surface area contributed by atoms with Crippen LogP contribution in [0.15, 0.2) is 18.2 Å². The number of carbonyl (C=O) groups is 2. The van der Waals surface area contributed by atoms with Crippen LogP contribution in [0.2, 0.25) is 0 Å². The Morgan fingerprint density at radius 1 is 0.950 bits per heavy atom. The van der Waals surface area contributed by atoms with E-state index in [9.17, 15) is 9.59 Å². The highest BCUT2D eigenvalue weighted by Crippen LogP contribution is 2.33. The Morgan fingerprint density at radius 3 is 2.35 bits per heavy atom. The van der Waals surface area contributed by atoms with Gasteiger partial charge in [0.25, 0.3) is 0 Å². The fraction of sp³-hybridized carbons (Fsp3) is 0.733. The van der Waals surface area contributed by atoms with Crippen LogP contribution < -0.4 is 14.8 Å². The van der Waals surface area contributed by atoms with Gasteiger partial charge in [-0.1, -0.05) is 38.7 Å². The van der Waals surface area contributed by atoms with Gasteiger partial charge in [0.2, 0.25) is 5.91 Å². The Balaban J connectivity index is 0.000000821. The van der Waals surface area contributed by atoms with Crippen molar-refractivity contribution in [3.05, 3.63) is 23.8 Å². The minimum absolute atomic E-state index is 0.0560. The second-order valence-electron chi connectivity index (χ2n) is 10.0. The average Bonchev–Trinajstić information content (AvgIpc) is 3.45. The third kappa shape index (κ3) is 14.8. The molecular formula is C30H50N2O8. The molecule has 0 saturated carbocycles. The predicted molar refractivity (Wildman–Crippen MR) is 153 cm³/mol. The number of likely N-dealkylation sites (tertiary alicyclic amines) is 1. The van der Waals surface area contributed by atoms with Crippen molar-refractivity contribution in [1.82, 2.24) is 10.2 Å². The molecule has 40 heavy (non-hydrogen) atoms. The number of unbranched alkanes of at least 4 members (excludes halogenated alkanes) is 4. The maximum atomic E-state index is 12.4. The van der Waals surface area contributed by atoms with E-state index < -0.39 is 12.1 Å². The summed E-state index contributed by atoms with van der Waals surface area (Å²) in [4.78, 5) is 27.1. The predicted octanol–water partition coefficient (Wildman–Crippen LogP) is 3.91. The second kappa shape index (κ2) is 21.4. The van der Waals surface area contributed by atoms with Gasteiger partial charge < -0.3 is 38.6 Å². The number of nitrogens with one attached hydrogen (secondary N) is 1. The Hall–Kier alpha value is -2.40. The zero-order valence-corrected chi connectivity index (χ0v) is 24.8. The van der Waals surface area contributed by atoms with Crippen LogP contribution in [-0.4, -0.2) is 96.8 Å². The lowest BCUT2D eigenvalue weighted by atomic mass is 10.1. The number of amides is 1. The number of hydrogen-bond acceptors (Lipinski definition) is 9. The van der Waals surface area contributed by atoms with Gasteiger partial charge in [0.1, 0.15) is 25.9 Å². The van der Waals surface area contributed by atoms with Crippen LogP contribution in [0.5, 0.6) is 11.5 Å². The van der Waals surface area contributed by atoms with Gasteiger partial charge in [0.05, 0.1) is 33.0 Å². The summed E-state index contributed by atoms with van der Waals surface area (Å²) < 4.78 is 32.4. The number of esters is 1. The summed E-state index contributed by atoms with van der Waals surface area (Å²) in [7, 11) is 3.77. The molecule has 0 spiro atoms. The molecule has 1 amide bonds. The van der Waals surface area contributed by atoms with E-state index in [0.29, 0.717) is 56.5 Å². The average molecular weight is 567 g/mol. The highest BCUT2D eigenvalue weighted by Gasteiger charge is 2.21. The lowest BCUT2D eigenvalue weighted by Crippen LogP contribution is -2.31. The third-order valence-electron chi connectivity index (χ3n) is 6.56. The molecular weight excluding hydrogens is 516 g/mol. The summed E-state index contributed by atoms with van der Waals surface area (Å²) >= 11 is 0. The van der Waals surface area contributed by atoms with Crippen molar-refractivity contribution in [1.29, 1.82) is 0 Å². The smallest absolute Gasteiger partial charge is 0.332 e. The Labute approximate surface area is 239 Å². The van der Waals surface area contributed by atoms with E-state index in [-0.39, 0.29) is 25.7 Å². The van der Waals surface area contributed by atoms with Crippen LogP contribution in [0.4, 0.5) is 0 Å². The second-order valence-corrected chi connectivity index (χ2v) is 10.0. The first-order valence-electron chi connectivity index (χ1n) is 14.7. The molecule has 10 nitrogen and oxygen atoms in total. The standard InChI is InChI=1S/C25H39NO8.C5H11N/c1-3-4-5-6-7-8-24(27)26-18-23(20-9-10-21-22(17-20)33-16-15-32-21)34-25(28)19-31-14-13-30-12-11-29-2;1-6-4-2-3-5-6/h9-10,17,23H,3-8,11-16,18-19H2,1-2H3,(H,26,27);2-5H2,1H3. The van der Waals surface area contributed by atoms with Gasteiger partial charge in [-0.05, 0) is 57.1 Å². The van der Waals surface area contributed by atoms with Gasteiger partial charge in [0, 0.05) is 13.5 Å². The maximum absolute atomic E-state index is 12.4. The molecule has 0 aliphatic carbocycles. The van der Waals surface area contributed by atoms with Gasteiger partial charge in [-0.25, -0.2) is 4.79 Å². The zero-order valence-electron chi connectivity index (χ0n) is 24.8. The van der Waals surface area contributed by atoms with Gasteiger partial charge in [-0.15, -0.1) is 0 Å². The Morgan fingerprint density at radius 2 is 1.65 bits per heavy atom. The lowest BCUT2D eigenvalue weighted by molar-refractivity contribution is -0.155. The summed E-state index contributed by atoms with van der Waals surface area (Å²) in [6.07, 6.45) is 7.98. The van der Waals surface area contributed by atoms with E-state index in [1.165, 1.54) is 38.8 Å². The van der Waals surface area contributed by atoms with Crippen molar-refractivity contribution in [3.63, 3.8) is 0 Å². The Kier molecular flexibility index (Phi) is 18.1. The number of nitrogens with zero attached hydrogens (tertiary/aromatic N) is 1. The van der Waals surface area contributed by atoms with Gasteiger partial charge in [0.15, 0.2) is 11.5 Å². The van der Waals surface area contributed by atoms with Crippen molar-refractivity contribution in [2.24, 2.45) is 0 Å². The van der Waals surface area contributed by atoms with Crippen LogP contribution in [0.1, 0.15) is 70.0 Å². The molecule has 228 valence electrons. The molecule has 1 aromatic carbocycles. The fourth-order valence-electron chi connectivity index (χ4n) is 4.26. The van der Waals surface area contributed by atoms with Crippen molar-refractivity contribution in [2.75, 3.05) is 80.0 Å². The van der Waals surface area contributed by atoms with E-state index >= 15 is 0 Å². The largest absolute Gasteiger partial charge is 0.486 e. The van der Waals surface area contributed by atoms with E-state index in [1.54, 1.807) is 19.2 Å². The number of hydrogen-bond donors (Lipinski definition) is 1. The summed E-state index contributed by atoms with van der Waals surface area (Å²) in [6.45, 7) is 7.30. The van der Waals surface area contributed by atoms with Crippen molar-refractivity contribution in [3.8, 4) is 11.5 Å².